The fraction of sp³-hybridized carbons (Fsp3) is 0.545. The van der Waals surface area contributed by atoms with Crippen LogP contribution in [0.4, 0.5) is 26.7 Å². The fourth-order valence-electron chi connectivity index (χ4n) is 8.21. The van der Waals surface area contributed by atoms with Gasteiger partial charge in [0.1, 0.15) is 11.6 Å². The second-order valence-electron chi connectivity index (χ2n) is 13.0. The van der Waals surface area contributed by atoms with Crippen LogP contribution in [0.5, 0.6) is 0 Å². The molecule has 6 atom stereocenters. The van der Waals surface area contributed by atoms with E-state index >= 15 is 8.78 Å². The van der Waals surface area contributed by atoms with E-state index in [0.717, 1.165) is 27.8 Å². The molecule has 244 valence electrons. The molecule has 0 aliphatic heterocycles. The first-order valence-electron chi connectivity index (χ1n) is 15.2. The van der Waals surface area contributed by atoms with Gasteiger partial charge in [-0.05, 0) is 85.6 Å². The molecule has 7 nitrogen and oxygen atoms in total. The van der Waals surface area contributed by atoms with E-state index in [-0.39, 0.29) is 31.1 Å². The molecule has 0 aromatic heterocycles. The zero-order chi connectivity index (χ0) is 32.9. The van der Waals surface area contributed by atoms with E-state index in [9.17, 15) is 32.7 Å². The highest BCUT2D eigenvalue weighted by Gasteiger charge is 2.79. The number of rotatable bonds is 7. The molecule has 1 aromatic carbocycles. The molecule has 1 aromatic rings. The van der Waals surface area contributed by atoms with E-state index in [1.165, 1.54) is 13.8 Å². The number of carbonyl (C=O) groups is 3. The van der Waals surface area contributed by atoms with Crippen LogP contribution in [0.3, 0.4) is 0 Å². The van der Waals surface area contributed by atoms with E-state index < -0.39 is 59.4 Å². The van der Waals surface area contributed by atoms with Gasteiger partial charge in [-0.1, -0.05) is 48.9 Å². The number of urea groups is 1. The highest BCUT2D eigenvalue weighted by atomic mass is 19.4. The van der Waals surface area contributed by atoms with Crippen molar-refractivity contribution in [2.45, 2.75) is 88.5 Å². The summed E-state index contributed by atoms with van der Waals surface area (Å²) < 4.78 is 71.6. The highest BCUT2D eigenvalue weighted by molar-refractivity contribution is 5.93. The van der Waals surface area contributed by atoms with Gasteiger partial charge in [-0.3, -0.25) is 9.59 Å². The van der Waals surface area contributed by atoms with Crippen molar-refractivity contribution < 1.29 is 46.5 Å². The Balaban J connectivity index is 1.45. The molecule has 5 rings (SSSR count). The van der Waals surface area contributed by atoms with Crippen molar-refractivity contribution in [3.63, 3.8) is 0 Å². The third-order valence-corrected chi connectivity index (χ3v) is 10.5. The molecule has 4 aliphatic carbocycles. The average Bonchev–Trinajstić information content (AvgIpc) is 3.25. The van der Waals surface area contributed by atoms with Crippen molar-refractivity contribution in [2.24, 2.45) is 17.3 Å². The van der Waals surface area contributed by atoms with Crippen LogP contribution in [0.1, 0.15) is 75.8 Å². The maximum absolute atomic E-state index is 15.2. The van der Waals surface area contributed by atoms with Crippen LogP contribution >= 0.6 is 0 Å². The average molecular weight is 637 g/mol. The summed E-state index contributed by atoms with van der Waals surface area (Å²) in [6, 6.07) is 5.46. The maximum Gasteiger partial charge on any atom is 0.456 e. The summed E-state index contributed by atoms with van der Waals surface area (Å²) >= 11 is 0. The van der Waals surface area contributed by atoms with Crippen LogP contribution in [0.25, 0.3) is 6.08 Å². The summed E-state index contributed by atoms with van der Waals surface area (Å²) in [6.45, 7) is 2.84. The number of aliphatic carboxylic acids is 1. The van der Waals surface area contributed by atoms with Gasteiger partial charge in [-0.2, -0.15) is 22.0 Å². The van der Waals surface area contributed by atoms with Gasteiger partial charge in [-0.25, -0.2) is 4.79 Å². The predicted octanol–water partition coefficient (Wildman–Crippen LogP) is 6.30. The number of carboxylic acids is 1. The third kappa shape index (κ3) is 5.59. The molecule has 4 aliphatic rings. The fourth-order valence-corrected chi connectivity index (χ4v) is 8.21. The van der Waals surface area contributed by atoms with Crippen molar-refractivity contribution in [2.75, 3.05) is 6.54 Å². The number of allylic oxidation sites excluding steroid dienone is 4. The largest absolute Gasteiger partial charge is 0.480 e. The van der Waals surface area contributed by atoms with Crippen molar-refractivity contribution in [1.29, 1.82) is 0 Å². The topological polar surface area (TPSA) is 116 Å². The number of hydrogen-bond acceptors (Lipinski definition) is 4. The SMILES string of the molecule is CC(NC(=O)NC/C=C/c1ccc([C@H]2C[C@@]3(C)[C@@H](CC[C@@]3(O)C(F)(F)C(F)(F)F)[C@@H]3CCC4=CC(=O)CCC4=C32)cc1)C(=O)O. The first kappa shape index (κ1) is 32.8. The molecule has 0 radical (unpaired) electrons. The van der Waals surface area contributed by atoms with Crippen LogP contribution < -0.4 is 10.6 Å². The van der Waals surface area contributed by atoms with Crippen molar-refractivity contribution in [1.82, 2.24) is 10.6 Å². The molecule has 2 fully saturated rings. The summed E-state index contributed by atoms with van der Waals surface area (Å²) in [7, 11) is 0. The van der Waals surface area contributed by atoms with Gasteiger partial charge < -0.3 is 20.8 Å². The Bertz CT molecular complexity index is 1470. The van der Waals surface area contributed by atoms with Crippen molar-refractivity contribution >= 4 is 23.9 Å². The van der Waals surface area contributed by atoms with Gasteiger partial charge in [0.05, 0.1) is 0 Å². The van der Waals surface area contributed by atoms with Crippen LogP contribution in [0.2, 0.25) is 0 Å². The summed E-state index contributed by atoms with van der Waals surface area (Å²) in [5.74, 6) is -7.84. The highest BCUT2D eigenvalue weighted by Crippen LogP contribution is 2.70. The van der Waals surface area contributed by atoms with E-state index in [4.69, 9.17) is 5.11 Å². The lowest BCUT2D eigenvalue weighted by atomic mass is 9.50. The summed E-state index contributed by atoms with van der Waals surface area (Å²) in [5, 5.41) is 25.1. The number of aliphatic hydroxyl groups is 1. The number of fused-ring (bicyclic) bond motifs is 4. The molecule has 0 saturated heterocycles. The Labute approximate surface area is 257 Å². The molecule has 0 bridgehead atoms. The van der Waals surface area contributed by atoms with E-state index in [2.05, 4.69) is 10.6 Å². The zero-order valence-corrected chi connectivity index (χ0v) is 25.0. The molecule has 0 heterocycles. The Morgan fingerprint density at radius 3 is 2.42 bits per heavy atom. The second kappa shape index (κ2) is 11.7. The third-order valence-electron chi connectivity index (χ3n) is 10.5. The first-order chi connectivity index (χ1) is 21.0. The maximum atomic E-state index is 15.2. The lowest BCUT2D eigenvalue weighted by molar-refractivity contribution is -0.362. The number of carbonyl (C=O) groups excluding carboxylic acids is 2. The Kier molecular flexibility index (Phi) is 8.52. The van der Waals surface area contributed by atoms with Crippen LogP contribution in [0, 0.1) is 17.3 Å². The van der Waals surface area contributed by atoms with Crippen molar-refractivity contribution in [3.05, 3.63) is 64.3 Å². The minimum Gasteiger partial charge on any atom is -0.480 e. The molecule has 4 N–H and O–H groups in total. The molecule has 1 unspecified atom stereocenters. The minimum atomic E-state index is -5.90. The van der Waals surface area contributed by atoms with Crippen molar-refractivity contribution in [3.8, 4) is 0 Å². The minimum absolute atomic E-state index is 0.0181. The van der Waals surface area contributed by atoms with Gasteiger partial charge >= 0.3 is 24.1 Å². The Hall–Kier alpha value is -3.54. The van der Waals surface area contributed by atoms with E-state index in [0.29, 0.717) is 25.7 Å². The first-order valence-corrected chi connectivity index (χ1v) is 15.2. The number of amides is 2. The van der Waals surface area contributed by atoms with Gasteiger partial charge in [0.2, 0.25) is 0 Å². The lowest BCUT2D eigenvalue weighted by Crippen LogP contribution is -2.65. The zero-order valence-electron chi connectivity index (χ0n) is 25.0. The number of alkyl halides is 5. The van der Waals surface area contributed by atoms with Crippen LogP contribution in [-0.2, 0) is 9.59 Å². The molecular weight excluding hydrogens is 599 g/mol. The smallest absolute Gasteiger partial charge is 0.456 e. The Morgan fingerprint density at radius 1 is 1.09 bits per heavy atom. The van der Waals surface area contributed by atoms with E-state index in [1.54, 1.807) is 42.5 Å². The normalized spacial score (nSPS) is 30.7. The van der Waals surface area contributed by atoms with Gasteiger partial charge in [0, 0.05) is 24.3 Å². The number of carboxylic acid groups (broad SMARTS) is 1. The monoisotopic (exact) mass is 636 g/mol. The van der Waals surface area contributed by atoms with Crippen LogP contribution in [-0.4, -0.2) is 58.3 Å². The molecule has 2 amide bonds. The van der Waals surface area contributed by atoms with Crippen LogP contribution in [0.15, 0.2) is 53.1 Å². The second-order valence-corrected chi connectivity index (χ2v) is 13.0. The van der Waals surface area contributed by atoms with Gasteiger partial charge in [0.15, 0.2) is 5.78 Å². The number of hydrogen-bond donors (Lipinski definition) is 4. The summed E-state index contributed by atoms with van der Waals surface area (Å²) in [6.07, 6.45) is 0.259. The quantitative estimate of drug-likeness (QED) is 0.262. The van der Waals surface area contributed by atoms with Gasteiger partial charge in [0.25, 0.3) is 0 Å². The van der Waals surface area contributed by atoms with E-state index in [1.807, 2.05) is 0 Å². The standard InChI is InChI=1S/C33H37F5N2O5/c1-18(28(42)43)40-29(44)39-15-3-4-19-5-7-20(8-6-19)25-17-30(2)26(13-14-31(30,45)32(34,35)33(36,37)38)24-11-9-21-16-22(41)10-12-23(21)27(24)25/h3-8,16,18,24-26,45H,9-15,17H2,1-2H3,(H,42,43)(H2,39,40,44)/b4-3+/t18?,24-,25+,26-,30-,31-/m0/s1. The number of benzene rings is 1. The molecule has 12 heteroatoms. The predicted molar refractivity (Wildman–Crippen MR) is 155 cm³/mol. The lowest BCUT2D eigenvalue weighted by Gasteiger charge is -2.56. The molecular formula is C33H37F5N2O5. The molecule has 45 heavy (non-hydrogen) atoms. The molecule has 0 spiro atoms. The number of nitrogens with one attached hydrogen (secondary N) is 2. The number of ketones is 1. The summed E-state index contributed by atoms with van der Waals surface area (Å²) in [4.78, 5) is 34.9. The summed E-state index contributed by atoms with van der Waals surface area (Å²) in [5.41, 5.74) is -0.614. The Morgan fingerprint density at radius 2 is 1.78 bits per heavy atom. The number of halogens is 5. The molecule has 2 saturated carbocycles. The van der Waals surface area contributed by atoms with Gasteiger partial charge in [-0.15, -0.1) is 0 Å².